The molecule has 2 aromatic rings. The summed E-state index contributed by atoms with van der Waals surface area (Å²) in [5.41, 5.74) is 2.29. The molecule has 0 amide bonds. The molecule has 0 unspecified atom stereocenters. The van der Waals surface area contributed by atoms with E-state index in [9.17, 15) is 0 Å². The summed E-state index contributed by atoms with van der Waals surface area (Å²) >= 11 is 3.46. The van der Waals surface area contributed by atoms with E-state index in [-0.39, 0.29) is 0 Å². The van der Waals surface area contributed by atoms with Crippen molar-refractivity contribution in [3.63, 3.8) is 0 Å². The molecule has 0 radical (unpaired) electrons. The van der Waals surface area contributed by atoms with Gasteiger partial charge in [-0.3, -0.25) is 4.98 Å². The highest BCUT2D eigenvalue weighted by Gasteiger charge is 2.05. The van der Waals surface area contributed by atoms with Crippen LogP contribution in [0.3, 0.4) is 0 Å². The van der Waals surface area contributed by atoms with Crippen molar-refractivity contribution in [3.05, 3.63) is 53.9 Å². The minimum atomic E-state index is 0.624. The van der Waals surface area contributed by atoms with Crippen molar-refractivity contribution < 1.29 is 9.47 Å². The molecule has 0 aliphatic rings. The van der Waals surface area contributed by atoms with E-state index in [1.165, 1.54) is 5.56 Å². The quantitative estimate of drug-likeness (QED) is 0.762. The van der Waals surface area contributed by atoms with Crippen molar-refractivity contribution in [2.45, 2.75) is 11.8 Å². The maximum Gasteiger partial charge on any atom is 0.127 e. The van der Waals surface area contributed by atoms with Crippen LogP contribution >= 0.6 is 15.9 Å². The second-order valence-electron chi connectivity index (χ2n) is 4.07. The van der Waals surface area contributed by atoms with E-state index in [2.05, 4.69) is 20.9 Å². The topological polar surface area (TPSA) is 31.4 Å². The van der Waals surface area contributed by atoms with Crippen LogP contribution in [0.1, 0.15) is 11.1 Å². The number of ether oxygens (including phenoxy) is 2. The summed E-state index contributed by atoms with van der Waals surface area (Å²) in [6.07, 6.45) is 4.47. The van der Waals surface area contributed by atoms with Crippen molar-refractivity contribution in [1.82, 2.24) is 4.98 Å². The number of nitrogens with zero attached hydrogens (tertiary/aromatic N) is 1. The third-order valence-corrected chi connectivity index (χ3v) is 3.39. The van der Waals surface area contributed by atoms with Gasteiger partial charge in [-0.25, -0.2) is 0 Å². The molecular formula is C15H16BrNO2. The maximum atomic E-state index is 5.84. The first-order valence-corrected chi connectivity index (χ1v) is 7.20. The number of methoxy groups -OCH3 is 1. The van der Waals surface area contributed by atoms with Gasteiger partial charge in [-0.1, -0.05) is 28.1 Å². The average Bonchev–Trinajstić information content (AvgIpc) is 2.48. The Balaban J connectivity index is 1.98. The molecular weight excluding hydrogens is 306 g/mol. The maximum absolute atomic E-state index is 5.84. The van der Waals surface area contributed by atoms with Crippen molar-refractivity contribution in [2.75, 3.05) is 13.7 Å². The molecule has 19 heavy (non-hydrogen) atoms. The third-order valence-electron chi connectivity index (χ3n) is 2.79. The lowest BCUT2D eigenvalue weighted by molar-refractivity contribution is 0.316. The Kier molecular flexibility index (Phi) is 5.21. The van der Waals surface area contributed by atoms with Crippen LogP contribution in [0.4, 0.5) is 0 Å². The molecule has 0 fully saturated rings. The Morgan fingerprint density at radius 1 is 1.26 bits per heavy atom. The fourth-order valence-electron chi connectivity index (χ4n) is 1.73. The lowest BCUT2D eigenvalue weighted by Gasteiger charge is -2.11. The van der Waals surface area contributed by atoms with Gasteiger partial charge in [0.25, 0.3) is 0 Å². The van der Waals surface area contributed by atoms with Crippen LogP contribution in [-0.2, 0) is 11.8 Å². The molecule has 0 saturated carbocycles. The molecule has 0 N–H and O–H groups in total. The fourth-order valence-corrected chi connectivity index (χ4v) is 2.19. The lowest BCUT2D eigenvalue weighted by Crippen LogP contribution is -2.03. The smallest absolute Gasteiger partial charge is 0.127 e. The Morgan fingerprint density at radius 3 is 2.84 bits per heavy atom. The van der Waals surface area contributed by atoms with E-state index in [4.69, 9.17) is 9.47 Å². The van der Waals surface area contributed by atoms with Crippen LogP contribution in [0.15, 0.2) is 42.7 Å². The van der Waals surface area contributed by atoms with Gasteiger partial charge >= 0.3 is 0 Å². The number of halogens is 1. The van der Waals surface area contributed by atoms with Crippen molar-refractivity contribution in [3.8, 4) is 11.5 Å². The summed E-state index contributed by atoms with van der Waals surface area (Å²) in [6, 6.07) is 9.84. The Bertz CT molecular complexity index is 517. The first-order chi connectivity index (χ1) is 9.33. The third kappa shape index (κ3) is 3.96. The van der Waals surface area contributed by atoms with Gasteiger partial charge in [0.1, 0.15) is 11.5 Å². The molecule has 100 valence electrons. The van der Waals surface area contributed by atoms with Gasteiger partial charge in [-0.15, -0.1) is 0 Å². The first kappa shape index (κ1) is 13.9. The zero-order valence-electron chi connectivity index (χ0n) is 10.8. The Labute approximate surface area is 121 Å². The van der Waals surface area contributed by atoms with Crippen LogP contribution in [0.25, 0.3) is 0 Å². The van der Waals surface area contributed by atoms with Gasteiger partial charge in [0.15, 0.2) is 0 Å². The van der Waals surface area contributed by atoms with E-state index in [1.54, 1.807) is 13.3 Å². The van der Waals surface area contributed by atoms with E-state index in [1.807, 2.05) is 36.5 Å². The van der Waals surface area contributed by atoms with Gasteiger partial charge in [-0.2, -0.15) is 0 Å². The molecule has 0 aliphatic carbocycles. The molecule has 1 heterocycles. The molecule has 0 aliphatic heterocycles. The zero-order valence-corrected chi connectivity index (χ0v) is 12.4. The number of benzene rings is 1. The van der Waals surface area contributed by atoms with Crippen molar-refractivity contribution in [2.24, 2.45) is 0 Å². The average molecular weight is 322 g/mol. The van der Waals surface area contributed by atoms with Crippen LogP contribution in [-0.4, -0.2) is 18.7 Å². The molecule has 0 saturated heterocycles. The number of hydrogen-bond acceptors (Lipinski definition) is 3. The lowest BCUT2D eigenvalue weighted by atomic mass is 10.2. The summed E-state index contributed by atoms with van der Waals surface area (Å²) in [5, 5.41) is 0.763. The predicted molar refractivity (Wildman–Crippen MR) is 79.1 cm³/mol. The van der Waals surface area contributed by atoms with Crippen LogP contribution in [0.5, 0.6) is 11.5 Å². The second-order valence-corrected chi connectivity index (χ2v) is 4.63. The van der Waals surface area contributed by atoms with Gasteiger partial charge in [0.2, 0.25) is 0 Å². The summed E-state index contributed by atoms with van der Waals surface area (Å²) in [7, 11) is 1.66. The van der Waals surface area contributed by atoms with E-state index >= 15 is 0 Å². The highest BCUT2D eigenvalue weighted by Crippen LogP contribution is 2.26. The zero-order chi connectivity index (χ0) is 13.5. The van der Waals surface area contributed by atoms with Gasteiger partial charge in [0.05, 0.1) is 13.7 Å². The van der Waals surface area contributed by atoms with Crippen LogP contribution < -0.4 is 9.47 Å². The molecule has 0 spiro atoms. The van der Waals surface area contributed by atoms with Crippen molar-refractivity contribution >= 4 is 15.9 Å². The standard InChI is InChI=1S/C15H16BrNO2/c1-18-14-5-4-13(10-16)15(9-14)19-8-6-12-3-2-7-17-11-12/h2-5,7,9,11H,6,8,10H2,1H3. The summed E-state index contributed by atoms with van der Waals surface area (Å²) in [6.45, 7) is 0.624. The molecule has 3 nitrogen and oxygen atoms in total. The molecule has 0 atom stereocenters. The Morgan fingerprint density at radius 2 is 2.16 bits per heavy atom. The van der Waals surface area contributed by atoms with E-state index in [0.717, 1.165) is 28.8 Å². The number of hydrogen-bond donors (Lipinski definition) is 0. The van der Waals surface area contributed by atoms with Crippen LogP contribution in [0.2, 0.25) is 0 Å². The highest BCUT2D eigenvalue weighted by atomic mass is 79.9. The highest BCUT2D eigenvalue weighted by molar-refractivity contribution is 9.08. The summed E-state index contributed by atoms with van der Waals surface area (Å²) in [5.74, 6) is 1.67. The predicted octanol–water partition coefficient (Wildman–Crippen LogP) is 3.61. The van der Waals surface area contributed by atoms with E-state index in [0.29, 0.717) is 6.61 Å². The molecule has 0 bridgehead atoms. The molecule has 4 heteroatoms. The second kappa shape index (κ2) is 7.14. The SMILES string of the molecule is COc1ccc(CBr)c(OCCc2cccnc2)c1. The van der Waals surface area contributed by atoms with Gasteiger partial charge in [0, 0.05) is 35.8 Å². The van der Waals surface area contributed by atoms with E-state index < -0.39 is 0 Å². The van der Waals surface area contributed by atoms with Gasteiger partial charge in [-0.05, 0) is 17.7 Å². The van der Waals surface area contributed by atoms with Crippen molar-refractivity contribution in [1.29, 1.82) is 0 Å². The monoisotopic (exact) mass is 321 g/mol. The number of aromatic nitrogens is 1. The largest absolute Gasteiger partial charge is 0.497 e. The van der Waals surface area contributed by atoms with Crippen LogP contribution in [0, 0.1) is 0 Å². The Hall–Kier alpha value is -1.55. The molecule has 1 aromatic carbocycles. The normalized spacial score (nSPS) is 10.2. The first-order valence-electron chi connectivity index (χ1n) is 6.08. The minimum Gasteiger partial charge on any atom is -0.497 e. The summed E-state index contributed by atoms with van der Waals surface area (Å²) < 4.78 is 11.1. The number of pyridine rings is 1. The minimum absolute atomic E-state index is 0.624. The fraction of sp³-hybridized carbons (Fsp3) is 0.267. The van der Waals surface area contributed by atoms with Gasteiger partial charge < -0.3 is 9.47 Å². The summed E-state index contributed by atoms with van der Waals surface area (Å²) in [4.78, 5) is 4.09. The molecule has 1 aromatic heterocycles. The molecule has 2 rings (SSSR count). The number of alkyl halides is 1. The number of rotatable bonds is 6.